The molecule has 0 aromatic carbocycles. The fourth-order valence-corrected chi connectivity index (χ4v) is 2.43. The summed E-state index contributed by atoms with van der Waals surface area (Å²) < 4.78 is 1.94. The van der Waals surface area contributed by atoms with E-state index in [2.05, 4.69) is 30.0 Å². The van der Waals surface area contributed by atoms with Crippen molar-refractivity contribution in [2.75, 3.05) is 0 Å². The van der Waals surface area contributed by atoms with E-state index in [1.807, 2.05) is 24.0 Å². The summed E-state index contributed by atoms with van der Waals surface area (Å²) in [4.78, 5) is 4.12. The summed E-state index contributed by atoms with van der Waals surface area (Å²) in [5.41, 5.74) is 11.1. The molecule has 102 valence electrons. The molecule has 4 nitrogen and oxygen atoms in total. The molecule has 0 radical (unpaired) electrons. The van der Waals surface area contributed by atoms with Crippen LogP contribution in [0.1, 0.15) is 28.9 Å². The third-order valence-electron chi connectivity index (χ3n) is 3.64. The van der Waals surface area contributed by atoms with E-state index in [-0.39, 0.29) is 6.04 Å². The van der Waals surface area contributed by atoms with Gasteiger partial charge in [0.05, 0.1) is 5.69 Å². The summed E-state index contributed by atoms with van der Waals surface area (Å²) in [5, 5.41) is 4.44. The van der Waals surface area contributed by atoms with E-state index >= 15 is 0 Å². The van der Waals surface area contributed by atoms with Gasteiger partial charge in [-0.15, -0.1) is 0 Å². The first-order valence-electron chi connectivity index (χ1n) is 6.71. The van der Waals surface area contributed by atoms with E-state index in [9.17, 15) is 0 Å². The molecule has 0 saturated carbocycles. The maximum absolute atomic E-state index is 6.21. The number of nitrogens with zero attached hydrogens (tertiary/aromatic N) is 3. The van der Waals surface area contributed by atoms with E-state index in [1.54, 1.807) is 6.20 Å². The molecule has 4 heteroatoms. The number of pyridine rings is 1. The molecular weight excluding hydrogens is 236 g/mol. The van der Waals surface area contributed by atoms with Crippen LogP contribution in [-0.2, 0) is 19.9 Å². The molecule has 19 heavy (non-hydrogen) atoms. The second kappa shape index (κ2) is 5.97. The molecule has 0 aliphatic heterocycles. The van der Waals surface area contributed by atoms with Crippen molar-refractivity contribution in [3.05, 3.63) is 47.0 Å². The van der Waals surface area contributed by atoms with Crippen molar-refractivity contribution in [3.63, 3.8) is 0 Å². The van der Waals surface area contributed by atoms with Crippen LogP contribution >= 0.6 is 0 Å². The van der Waals surface area contributed by atoms with E-state index in [1.165, 1.54) is 16.8 Å². The fraction of sp³-hybridized carbons (Fsp3) is 0.467. The molecule has 0 amide bonds. The molecule has 1 unspecified atom stereocenters. The van der Waals surface area contributed by atoms with Gasteiger partial charge in [-0.25, -0.2) is 0 Å². The lowest BCUT2D eigenvalue weighted by Gasteiger charge is -2.11. The lowest BCUT2D eigenvalue weighted by atomic mass is 10.00. The molecule has 2 aromatic rings. The summed E-state index contributed by atoms with van der Waals surface area (Å²) in [6.07, 6.45) is 6.53. The standard InChI is InChI=1S/C15H22N4/c1-11-15(12(2)19(3)18-11)7-6-14(16)9-13-5-4-8-17-10-13/h4-5,8,10,14H,6-7,9,16H2,1-3H3. The first-order chi connectivity index (χ1) is 9.08. The number of hydrogen-bond donors (Lipinski definition) is 1. The second-order valence-electron chi connectivity index (χ2n) is 5.14. The predicted octanol–water partition coefficient (Wildman–Crippen LogP) is 1.93. The number of hydrogen-bond acceptors (Lipinski definition) is 3. The van der Waals surface area contributed by atoms with Crippen LogP contribution in [0, 0.1) is 13.8 Å². The molecule has 2 rings (SSSR count). The number of nitrogens with two attached hydrogens (primary N) is 1. The van der Waals surface area contributed by atoms with Crippen LogP contribution in [0.15, 0.2) is 24.5 Å². The van der Waals surface area contributed by atoms with Crippen LogP contribution in [0.5, 0.6) is 0 Å². The maximum Gasteiger partial charge on any atom is 0.0628 e. The zero-order chi connectivity index (χ0) is 13.8. The SMILES string of the molecule is Cc1nn(C)c(C)c1CCC(N)Cc1cccnc1. The van der Waals surface area contributed by atoms with Crippen molar-refractivity contribution in [1.82, 2.24) is 14.8 Å². The van der Waals surface area contributed by atoms with E-state index < -0.39 is 0 Å². The molecule has 0 spiro atoms. The fourth-order valence-electron chi connectivity index (χ4n) is 2.43. The van der Waals surface area contributed by atoms with Crippen molar-refractivity contribution in [3.8, 4) is 0 Å². The van der Waals surface area contributed by atoms with Gasteiger partial charge < -0.3 is 5.73 Å². The Bertz CT molecular complexity index is 531. The van der Waals surface area contributed by atoms with Gasteiger partial charge in [0, 0.05) is 31.2 Å². The Balaban J connectivity index is 1.92. The van der Waals surface area contributed by atoms with Gasteiger partial charge >= 0.3 is 0 Å². The van der Waals surface area contributed by atoms with Crippen molar-refractivity contribution >= 4 is 0 Å². The molecule has 0 saturated heterocycles. The Labute approximate surface area is 114 Å². The van der Waals surface area contributed by atoms with Gasteiger partial charge in [-0.1, -0.05) is 6.07 Å². The smallest absolute Gasteiger partial charge is 0.0628 e. The normalized spacial score (nSPS) is 12.6. The van der Waals surface area contributed by atoms with Crippen LogP contribution < -0.4 is 5.73 Å². The number of aryl methyl sites for hydroxylation is 2. The van der Waals surface area contributed by atoms with Gasteiger partial charge in [-0.2, -0.15) is 5.10 Å². The average molecular weight is 258 g/mol. The Kier molecular flexibility index (Phi) is 4.32. The summed E-state index contributed by atoms with van der Waals surface area (Å²) in [7, 11) is 1.99. The van der Waals surface area contributed by atoms with Gasteiger partial charge in [0.25, 0.3) is 0 Å². The first kappa shape index (κ1) is 13.7. The Hall–Kier alpha value is -1.68. The lowest BCUT2D eigenvalue weighted by molar-refractivity contribution is 0.607. The summed E-state index contributed by atoms with van der Waals surface area (Å²) in [5.74, 6) is 0. The van der Waals surface area contributed by atoms with E-state index in [4.69, 9.17) is 5.73 Å². The third kappa shape index (κ3) is 3.41. The van der Waals surface area contributed by atoms with Crippen LogP contribution in [0.2, 0.25) is 0 Å². The largest absolute Gasteiger partial charge is 0.327 e. The van der Waals surface area contributed by atoms with Gasteiger partial charge in [0.15, 0.2) is 0 Å². The van der Waals surface area contributed by atoms with Crippen LogP contribution in [0.3, 0.4) is 0 Å². The minimum absolute atomic E-state index is 0.170. The average Bonchev–Trinajstić information content (AvgIpc) is 2.62. The highest BCUT2D eigenvalue weighted by Gasteiger charge is 2.11. The second-order valence-corrected chi connectivity index (χ2v) is 5.14. The summed E-state index contributed by atoms with van der Waals surface area (Å²) >= 11 is 0. The van der Waals surface area contributed by atoms with Gasteiger partial charge in [0.1, 0.15) is 0 Å². The van der Waals surface area contributed by atoms with Crippen molar-refractivity contribution < 1.29 is 0 Å². The quantitative estimate of drug-likeness (QED) is 0.891. The Morgan fingerprint density at radius 2 is 2.16 bits per heavy atom. The highest BCUT2D eigenvalue weighted by atomic mass is 15.3. The topological polar surface area (TPSA) is 56.7 Å². The molecule has 0 fully saturated rings. The highest BCUT2D eigenvalue weighted by molar-refractivity contribution is 5.24. The molecule has 2 aromatic heterocycles. The third-order valence-corrected chi connectivity index (χ3v) is 3.64. The van der Waals surface area contributed by atoms with E-state index in [0.717, 1.165) is 25.0 Å². The Morgan fingerprint density at radius 1 is 1.37 bits per heavy atom. The zero-order valence-corrected chi connectivity index (χ0v) is 11.9. The Morgan fingerprint density at radius 3 is 2.74 bits per heavy atom. The molecule has 1 atom stereocenters. The van der Waals surface area contributed by atoms with Crippen LogP contribution in [0.25, 0.3) is 0 Å². The summed E-state index contributed by atoms with van der Waals surface area (Å²) in [6, 6.07) is 4.20. The van der Waals surface area contributed by atoms with Gasteiger partial charge in [-0.05, 0) is 50.3 Å². The number of aromatic nitrogens is 3. The van der Waals surface area contributed by atoms with E-state index in [0.29, 0.717) is 0 Å². The van der Waals surface area contributed by atoms with Crippen molar-refractivity contribution in [2.24, 2.45) is 12.8 Å². The molecule has 0 bridgehead atoms. The molecular formula is C15H22N4. The molecule has 2 heterocycles. The maximum atomic E-state index is 6.21. The zero-order valence-electron chi connectivity index (χ0n) is 11.9. The highest BCUT2D eigenvalue weighted by Crippen LogP contribution is 2.15. The van der Waals surface area contributed by atoms with Crippen LogP contribution in [0.4, 0.5) is 0 Å². The molecule has 0 aliphatic rings. The first-order valence-corrected chi connectivity index (χ1v) is 6.71. The summed E-state index contributed by atoms with van der Waals surface area (Å²) in [6.45, 7) is 4.18. The van der Waals surface area contributed by atoms with Crippen molar-refractivity contribution in [1.29, 1.82) is 0 Å². The molecule has 2 N–H and O–H groups in total. The monoisotopic (exact) mass is 258 g/mol. The van der Waals surface area contributed by atoms with Crippen LogP contribution in [-0.4, -0.2) is 20.8 Å². The number of rotatable bonds is 5. The van der Waals surface area contributed by atoms with Crippen molar-refractivity contribution in [2.45, 2.75) is 39.2 Å². The molecule has 0 aliphatic carbocycles. The lowest BCUT2D eigenvalue weighted by Crippen LogP contribution is -2.23. The minimum atomic E-state index is 0.170. The minimum Gasteiger partial charge on any atom is -0.327 e. The van der Waals surface area contributed by atoms with Gasteiger partial charge in [-0.3, -0.25) is 9.67 Å². The van der Waals surface area contributed by atoms with Gasteiger partial charge in [0.2, 0.25) is 0 Å². The predicted molar refractivity (Wildman–Crippen MR) is 76.9 cm³/mol.